The molecule has 0 saturated heterocycles. The molecular formula is C23H23N3O2. The Hall–Kier alpha value is -3.34. The van der Waals surface area contributed by atoms with Crippen molar-refractivity contribution in [2.45, 2.75) is 26.2 Å². The molecule has 0 aliphatic heterocycles. The maximum atomic E-state index is 12.1. The number of carbonyl (C=O) groups is 1. The molecule has 2 heterocycles. The van der Waals surface area contributed by atoms with Gasteiger partial charge in [0.05, 0.1) is 6.20 Å². The summed E-state index contributed by atoms with van der Waals surface area (Å²) in [5, 5.41) is 4.19. The number of nitrogens with zero attached hydrogens (tertiary/aromatic N) is 1. The van der Waals surface area contributed by atoms with Gasteiger partial charge in [0.25, 0.3) is 0 Å². The van der Waals surface area contributed by atoms with Gasteiger partial charge < -0.3 is 14.7 Å². The summed E-state index contributed by atoms with van der Waals surface area (Å²) in [7, 11) is 0. The second kappa shape index (κ2) is 8.13. The van der Waals surface area contributed by atoms with Gasteiger partial charge in [0.1, 0.15) is 0 Å². The zero-order chi connectivity index (χ0) is 19.3. The third kappa shape index (κ3) is 4.14. The Kier molecular flexibility index (Phi) is 5.24. The van der Waals surface area contributed by atoms with Gasteiger partial charge in [-0.2, -0.15) is 0 Å². The van der Waals surface area contributed by atoms with Crippen molar-refractivity contribution in [3.8, 4) is 11.3 Å². The van der Waals surface area contributed by atoms with Crippen molar-refractivity contribution in [3.05, 3.63) is 77.9 Å². The molecule has 5 heteroatoms. The van der Waals surface area contributed by atoms with E-state index in [2.05, 4.69) is 27.4 Å². The van der Waals surface area contributed by atoms with Crippen LogP contribution < -0.4 is 5.32 Å². The standard InChI is InChI=1S/C23H23N3O2/c1-16-6-8-17(9-7-16)21-15-26-23(28-21)11-10-22(27)24-13-12-18-14-25-20-5-3-2-4-19(18)20/h2-9,14-15,25H,10-13H2,1H3,(H,24,27). The van der Waals surface area contributed by atoms with Crippen molar-refractivity contribution in [2.75, 3.05) is 6.54 Å². The molecule has 0 unspecified atom stereocenters. The minimum atomic E-state index is 0.00919. The molecule has 142 valence electrons. The van der Waals surface area contributed by atoms with E-state index >= 15 is 0 Å². The predicted molar refractivity (Wildman–Crippen MR) is 110 cm³/mol. The van der Waals surface area contributed by atoms with E-state index in [1.807, 2.05) is 49.5 Å². The summed E-state index contributed by atoms with van der Waals surface area (Å²) in [6, 6.07) is 16.3. The Morgan fingerprint density at radius 3 is 2.79 bits per heavy atom. The van der Waals surface area contributed by atoms with Crippen molar-refractivity contribution >= 4 is 16.8 Å². The number of nitrogens with one attached hydrogen (secondary N) is 2. The summed E-state index contributed by atoms with van der Waals surface area (Å²) in [4.78, 5) is 19.7. The van der Waals surface area contributed by atoms with Crippen molar-refractivity contribution in [1.82, 2.24) is 15.3 Å². The minimum Gasteiger partial charge on any atom is -0.441 e. The molecule has 4 rings (SSSR count). The number of para-hydroxylation sites is 1. The average molecular weight is 373 g/mol. The first-order valence-electron chi connectivity index (χ1n) is 9.52. The molecule has 0 bridgehead atoms. The topological polar surface area (TPSA) is 70.9 Å². The first-order chi connectivity index (χ1) is 13.7. The number of aromatic nitrogens is 2. The lowest BCUT2D eigenvalue weighted by Crippen LogP contribution is -2.25. The number of fused-ring (bicyclic) bond motifs is 1. The van der Waals surface area contributed by atoms with Gasteiger partial charge in [-0.3, -0.25) is 4.79 Å². The zero-order valence-corrected chi connectivity index (χ0v) is 15.9. The van der Waals surface area contributed by atoms with Crippen LogP contribution in [0.1, 0.15) is 23.4 Å². The molecule has 0 aliphatic carbocycles. The lowest BCUT2D eigenvalue weighted by molar-refractivity contribution is -0.121. The molecule has 2 N–H and O–H groups in total. The molecule has 4 aromatic rings. The third-order valence-corrected chi connectivity index (χ3v) is 4.85. The fourth-order valence-corrected chi connectivity index (χ4v) is 3.26. The van der Waals surface area contributed by atoms with Crippen molar-refractivity contribution in [1.29, 1.82) is 0 Å². The van der Waals surface area contributed by atoms with Crippen LogP contribution in [0.25, 0.3) is 22.2 Å². The number of amides is 1. The number of aryl methyl sites for hydroxylation is 2. The SMILES string of the molecule is Cc1ccc(-c2cnc(CCC(=O)NCCc3c[nH]c4ccccc34)o2)cc1. The molecule has 0 spiro atoms. The summed E-state index contributed by atoms with van der Waals surface area (Å²) in [6.45, 7) is 2.66. The first kappa shape index (κ1) is 18.0. The smallest absolute Gasteiger partial charge is 0.220 e. The molecule has 0 atom stereocenters. The van der Waals surface area contributed by atoms with E-state index in [-0.39, 0.29) is 5.91 Å². The average Bonchev–Trinajstić information content (AvgIpc) is 3.35. The normalized spacial score (nSPS) is 11.0. The molecule has 2 aromatic carbocycles. The quantitative estimate of drug-likeness (QED) is 0.504. The minimum absolute atomic E-state index is 0.00919. The lowest BCUT2D eigenvalue weighted by Gasteiger charge is -2.04. The van der Waals surface area contributed by atoms with E-state index in [9.17, 15) is 4.79 Å². The van der Waals surface area contributed by atoms with Gasteiger partial charge in [0, 0.05) is 42.0 Å². The Morgan fingerprint density at radius 1 is 1.11 bits per heavy atom. The molecule has 0 saturated carbocycles. The molecule has 0 aliphatic rings. The molecule has 2 aromatic heterocycles. The van der Waals surface area contributed by atoms with Crippen LogP contribution in [-0.2, 0) is 17.6 Å². The lowest BCUT2D eigenvalue weighted by atomic mass is 10.1. The van der Waals surface area contributed by atoms with Crippen LogP contribution in [0.4, 0.5) is 0 Å². The number of benzene rings is 2. The number of aromatic amines is 1. The van der Waals surface area contributed by atoms with Gasteiger partial charge in [0.2, 0.25) is 5.91 Å². The third-order valence-electron chi connectivity index (χ3n) is 4.85. The van der Waals surface area contributed by atoms with Gasteiger partial charge in [-0.25, -0.2) is 4.98 Å². The molecule has 1 amide bonds. The highest BCUT2D eigenvalue weighted by molar-refractivity contribution is 5.83. The predicted octanol–water partition coefficient (Wildman–Crippen LogP) is 4.42. The van der Waals surface area contributed by atoms with Crippen molar-refractivity contribution < 1.29 is 9.21 Å². The number of hydrogen-bond acceptors (Lipinski definition) is 3. The fourth-order valence-electron chi connectivity index (χ4n) is 3.26. The number of oxazole rings is 1. The van der Waals surface area contributed by atoms with Gasteiger partial charge >= 0.3 is 0 Å². The highest BCUT2D eigenvalue weighted by atomic mass is 16.4. The molecule has 0 radical (unpaired) electrons. The zero-order valence-electron chi connectivity index (χ0n) is 15.9. The fraction of sp³-hybridized carbons (Fsp3) is 0.217. The van der Waals surface area contributed by atoms with E-state index in [1.54, 1.807) is 6.20 Å². The largest absolute Gasteiger partial charge is 0.441 e. The molecule has 0 fully saturated rings. The summed E-state index contributed by atoms with van der Waals surface area (Å²) >= 11 is 0. The second-order valence-corrected chi connectivity index (χ2v) is 6.94. The molecular weight excluding hydrogens is 350 g/mol. The van der Waals surface area contributed by atoms with E-state index in [4.69, 9.17) is 4.42 Å². The van der Waals surface area contributed by atoms with Crippen LogP contribution in [0.15, 0.2) is 65.3 Å². The highest BCUT2D eigenvalue weighted by Gasteiger charge is 2.09. The van der Waals surface area contributed by atoms with Crippen LogP contribution >= 0.6 is 0 Å². The van der Waals surface area contributed by atoms with Crippen LogP contribution in [0.5, 0.6) is 0 Å². The maximum absolute atomic E-state index is 12.1. The Bertz CT molecular complexity index is 1080. The molecule has 5 nitrogen and oxygen atoms in total. The second-order valence-electron chi connectivity index (χ2n) is 6.94. The van der Waals surface area contributed by atoms with Gasteiger partial charge in [-0.1, -0.05) is 48.0 Å². The summed E-state index contributed by atoms with van der Waals surface area (Å²) in [5.74, 6) is 1.33. The maximum Gasteiger partial charge on any atom is 0.220 e. The Balaban J connectivity index is 1.25. The van der Waals surface area contributed by atoms with Crippen LogP contribution in [0, 0.1) is 6.92 Å². The Labute approximate surface area is 163 Å². The summed E-state index contributed by atoms with van der Waals surface area (Å²) in [5.41, 5.74) is 4.53. The first-order valence-corrected chi connectivity index (χ1v) is 9.52. The van der Waals surface area contributed by atoms with E-state index < -0.39 is 0 Å². The highest BCUT2D eigenvalue weighted by Crippen LogP contribution is 2.21. The van der Waals surface area contributed by atoms with Crippen LogP contribution in [-0.4, -0.2) is 22.4 Å². The number of rotatable bonds is 7. The monoisotopic (exact) mass is 373 g/mol. The van der Waals surface area contributed by atoms with Gasteiger partial charge in [-0.15, -0.1) is 0 Å². The van der Waals surface area contributed by atoms with E-state index in [1.165, 1.54) is 16.5 Å². The number of carbonyl (C=O) groups excluding carboxylic acids is 1. The van der Waals surface area contributed by atoms with Crippen molar-refractivity contribution in [3.63, 3.8) is 0 Å². The summed E-state index contributed by atoms with van der Waals surface area (Å²) in [6.07, 6.45) is 5.38. The Morgan fingerprint density at radius 2 is 1.93 bits per heavy atom. The van der Waals surface area contributed by atoms with Crippen LogP contribution in [0.3, 0.4) is 0 Å². The summed E-state index contributed by atoms with van der Waals surface area (Å²) < 4.78 is 5.78. The van der Waals surface area contributed by atoms with E-state index in [0.717, 1.165) is 23.3 Å². The number of hydrogen-bond donors (Lipinski definition) is 2. The van der Waals surface area contributed by atoms with Gasteiger partial charge in [0.15, 0.2) is 11.7 Å². The van der Waals surface area contributed by atoms with E-state index in [0.29, 0.717) is 25.3 Å². The number of H-pyrrole nitrogens is 1. The molecule has 28 heavy (non-hydrogen) atoms. The van der Waals surface area contributed by atoms with Crippen LogP contribution in [0.2, 0.25) is 0 Å². The van der Waals surface area contributed by atoms with Crippen molar-refractivity contribution in [2.24, 2.45) is 0 Å². The van der Waals surface area contributed by atoms with Gasteiger partial charge in [-0.05, 0) is 25.0 Å².